The molecule has 0 saturated heterocycles. The van der Waals surface area contributed by atoms with Crippen LogP contribution in [0.5, 0.6) is 0 Å². The van der Waals surface area contributed by atoms with Crippen molar-refractivity contribution < 1.29 is 0 Å². The molecule has 1 unspecified atom stereocenters. The number of benzene rings is 1. The summed E-state index contributed by atoms with van der Waals surface area (Å²) in [6.07, 6.45) is 3.30. The van der Waals surface area contributed by atoms with Gasteiger partial charge in [-0.25, -0.2) is 14.6 Å². The molecule has 0 aliphatic rings. The highest BCUT2D eigenvalue weighted by atomic mass is 35.5. The van der Waals surface area contributed by atoms with Crippen molar-refractivity contribution in [2.45, 2.75) is 12.3 Å². The van der Waals surface area contributed by atoms with Crippen LogP contribution in [0.15, 0.2) is 42.9 Å². The Morgan fingerprint density at radius 1 is 1.25 bits per heavy atom. The minimum Gasteiger partial charge on any atom is -0.368 e. The van der Waals surface area contributed by atoms with E-state index < -0.39 is 0 Å². The molecule has 0 bridgehead atoms. The van der Waals surface area contributed by atoms with Crippen LogP contribution >= 0.6 is 11.6 Å². The van der Waals surface area contributed by atoms with E-state index in [0.717, 1.165) is 22.5 Å². The van der Waals surface area contributed by atoms with Gasteiger partial charge in [-0.05, 0) is 19.1 Å². The number of alkyl halides is 1. The molecule has 3 rings (SSSR count). The van der Waals surface area contributed by atoms with Gasteiger partial charge in [-0.2, -0.15) is 5.10 Å². The molecule has 3 aromatic rings. The fourth-order valence-electron chi connectivity index (χ4n) is 1.98. The van der Waals surface area contributed by atoms with Crippen molar-refractivity contribution in [1.29, 1.82) is 0 Å². The number of para-hydroxylation sites is 1. The predicted octanol–water partition coefficient (Wildman–Crippen LogP) is 2.85. The van der Waals surface area contributed by atoms with Crippen LogP contribution in [-0.4, -0.2) is 31.7 Å². The molecule has 0 aliphatic heterocycles. The first-order chi connectivity index (χ1) is 9.75. The monoisotopic (exact) mass is 287 g/mol. The number of hydrogen-bond acceptors (Lipinski definition) is 4. The van der Waals surface area contributed by atoms with Crippen LogP contribution in [0.4, 0.5) is 5.82 Å². The summed E-state index contributed by atoms with van der Waals surface area (Å²) in [6.45, 7) is 2.57. The van der Waals surface area contributed by atoms with Crippen LogP contribution in [0.3, 0.4) is 0 Å². The number of halogens is 1. The van der Waals surface area contributed by atoms with Gasteiger partial charge in [0, 0.05) is 11.9 Å². The third-order valence-electron chi connectivity index (χ3n) is 2.92. The Morgan fingerprint density at radius 3 is 2.80 bits per heavy atom. The summed E-state index contributed by atoms with van der Waals surface area (Å²) < 4.78 is 1.80. The SMILES string of the molecule is CC(Cl)CNc1ncnc2c1cnn2-c1ccccc1. The molecule has 1 atom stereocenters. The van der Waals surface area contributed by atoms with Gasteiger partial charge < -0.3 is 5.32 Å². The molecule has 0 radical (unpaired) electrons. The minimum atomic E-state index is 0.0317. The Morgan fingerprint density at radius 2 is 2.05 bits per heavy atom. The van der Waals surface area contributed by atoms with Gasteiger partial charge in [-0.15, -0.1) is 11.6 Å². The molecule has 1 N–H and O–H groups in total. The van der Waals surface area contributed by atoms with Crippen LogP contribution in [0.1, 0.15) is 6.92 Å². The summed E-state index contributed by atoms with van der Waals surface area (Å²) in [7, 11) is 0. The largest absolute Gasteiger partial charge is 0.368 e. The van der Waals surface area contributed by atoms with E-state index in [9.17, 15) is 0 Å². The fraction of sp³-hybridized carbons (Fsp3) is 0.214. The molecular weight excluding hydrogens is 274 g/mol. The zero-order valence-electron chi connectivity index (χ0n) is 11.0. The zero-order chi connectivity index (χ0) is 13.9. The Labute approximate surface area is 121 Å². The maximum absolute atomic E-state index is 5.95. The van der Waals surface area contributed by atoms with E-state index in [1.807, 2.05) is 37.3 Å². The second-order valence-electron chi connectivity index (χ2n) is 4.51. The molecule has 2 aromatic heterocycles. The van der Waals surface area contributed by atoms with E-state index in [1.165, 1.54) is 6.33 Å². The molecule has 0 spiro atoms. The van der Waals surface area contributed by atoms with Gasteiger partial charge in [-0.3, -0.25) is 0 Å². The summed E-state index contributed by atoms with van der Waals surface area (Å²) in [4.78, 5) is 8.57. The summed E-state index contributed by atoms with van der Waals surface area (Å²) in [6, 6.07) is 9.89. The van der Waals surface area contributed by atoms with Gasteiger partial charge in [0.1, 0.15) is 12.1 Å². The van der Waals surface area contributed by atoms with Crippen molar-refractivity contribution in [1.82, 2.24) is 19.7 Å². The Kier molecular flexibility index (Phi) is 3.52. The lowest BCUT2D eigenvalue weighted by atomic mass is 10.3. The Hall–Kier alpha value is -2.14. The van der Waals surface area contributed by atoms with Crippen LogP contribution in [0.25, 0.3) is 16.7 Å². The van der Waals surface area contributed by atoms with Crippen molar-refractivity contribution in [3.63, 3.8) is 0 Å². The van der Waals surface area contributed by atoms with Gasteiger partial charge in [0.2, 0.25) is 0 Å². The van der Waals surface area contributed by atoms with E-state index in [-0.39, 0.29) is 5.38 Å². The molecular formula is C14H14ClN5. The highest BCUT2D eigenvalue weighted by Crippen LogP contribution is 2.21. The van der Waals surface area contributed by atoms with Gasteiger partial charge in [0.05, 0.1) is 17.3 Å². The molecule has 20 heavy (non-hydrogen) atoms. The average Bonchev–Trinajstić information content (AvgIpc) is 2.90. The topological polar surface area (TPSA) is 55.6 Å². The second kappa shape index (κ2) is 5.46. The first-order valence-corrected chi connectivity index (χ1v) is 6.81. The lowest BCUT2D eigenvalue weighted by molar-refractivity contribution is 0.895. The number of nitrogens with zero attached hydrogens (tertiary/aromatic N) is 4. The maximum Gasteiger partial charge on any atom is 0.168 e. The Balaban J connectivity index is 2.03. The standard InChI is InChI=1S/C14H14ClN5/c1-10(15)7-16-13-12-8-19-20(14(12)18-9-17-13)11-5-3-2-4-6-11/h2-6,8-10H,7H2,1H3,(H,16,17,18). The molecule has 0 amide bonds. The zero-order valence-corrected chi connectivity index (χ0v) is 11.7. The summed E-state index contributed by atoms with van der Waals surface area (Å²) in [5.41, 5.74) is 1.74. The van der Waals surface area contributed by atoms with Crippen LogP contribution < -0.4 is 5.32 Å². The summed E-state index contributed by atoms with van der Waals surface area (Å²) in [5.74, 6) is 0.754. The number of fused-ring (bicyclic) bond motifs is 1. The smallest absolute Gasteiger partial charge is 0.168 e. The molecule has 2 heterocycles. The summed E-state index contributed by atoms with van der Waals surface area (Å²) in [5, 5.41) is 8.52. The van der Waals surface area contributed by atoms with E-state index in [1.54, 1.807) is 10.9 Å². The van der Waals surface area contributed by atoms with Gasteiger partial charge in [0.15, 0.2) is 5.65 Å². The minimum absolute atomic E-state index is 0.0317. The molecule has 102 valence electrons. The fourth-order valence-corrected chi connectivity index (χ4v) is 2.06. The van der Waals surface area contributed by atoms with E-state index in [4.69, 9.17) is 11.6 Å². The number of rotatable bonds is 4. The van der Waals surface area contributed by atoms with E-state index in [0.29, 0.717) is 6.54 Å². The summed E-state index contributed by atoms with van der Waals surface area (Å²) >= 11 is 5.95. The van der Waals surface area contributed by atoms with Crippen molar-refractivity contribution in [2.24, 2.45) is 0 Å². The van der Waals surface area contributed by atoms with Crippen molar-refractivity contribution in [3.8, 4) is 5.69 Å². The van der Waals surface area contributed by atoms with Gasteiger partial charge in [0.25, 0.3) is 0 Å². The third kappa shape index (κ3) is 2.44. The van der Waals surface area contributed by atoms with Crippen molar-refractivity contribution in [3.05, 3.63) is 42.9 Å². The first kappa shape index (κ1) is 12.9. The molecule has 0 saturated carbocycles. The molecule has 5 nitrogen and oxygen atoms in total. The lowest BCUT2D eigenvalue weighted by Crippen LogP contribution is -2.11. The predicted molar refractivity (Wildman–Crippen MR) is 80.5 cm³/mol. The quantitative estimate of drug-likeness (QED) is 0.750. The number of nitrogens with one attached hydrogen (secondary N) is 1. The number of hydrogen-bond donors (Lipinski definition) is 1. The second-order valence-corrected chi connectivity index (χ2v) is 5.26. The maximum atomic E-state index is 5.95. The normalized spacial score (nSPS) is 12.5. The molecule has 0 aliphatic carbocycles. The number of anilines is 1. The number of aromatic nitrogens is 4. The van der Waals surface area contributed by atoms with Gasteiger partial charge in [-0.1, -0.05) is 18.2 Å². The van der Waals surface area contributed by atoms with E-state index >= 15 is 0 Å². The van der Waals surface area contributed by atoms with Crippen molar-refractivity contribution in [2.75, 3.05) is 11.9 Å². The first-order valence-electron chi connectivity index (χ1n) is 6.38. The van der Waals surface area contributed by atoms with E-state index in [2.05, 4.69) is 20.4 Å². The van der Waals surface area contributed by atoms with Crippen molar-refractivity contribution >= 4 is 28.5 Å². The highest BCUT2D eigenvalue weighted by molar-refractivity contribution is 6.20. The van der Waals surface area contributed by atoms with Crippen LogP contribution in [0, 0.1) is 0 Å². The Bertz CT molecular complexity index is 708. The molecule has 1 aromatic carbocycles. The molecule has 0 fully saturated rings. The average molecular weight is 288 g/mol. The van der Waals surface area contributed by atoms with Gasteiger partial charge >= 0.3 is 0 Å². The lowest BCUT2D eigenvalue weighted by Gasteiger charge is -2.07. The highest BCUT2D eigenvalue weighted by Gasteiger charge is 2.10. The van der Waals surface area contributed by atoms with Crippen LogP contribution in [0.2, 0.25) is 0 Å². The molecule has 6 heteroatoms. The van der Waals surface area contributed by atoms with Crippen LogP contribution in [-0.2, 0) is 0 Å². The third-order valence-corrected chi connectivity index (χ3v) is 3.07.